The van der Waals surface area contributed by atoms with E-state index in [2.05, 4.69) is 34.5 Å². The summed E-state index contributed by atoms with van der Waals surface area (Å²) in [4.78, 5) is 10.2. The van der Waals surface area contributed by atoms with Crippen LogP contribution in [0.3, 0.4) is 0 Å². The van der Waals surface area contributed by atoms with Crippen LogP contribution in [0, 0.1) is 19.3 Å². The summed E-state index contributed by atoms with van der Waals surface area (Å²) in [7, 11) is -2.93. The van der Waals surface area contributed by atoms with Crippen molar-refractivity contribution in [2.24, 2.45) is 10.4 Å². The van der Waals surface area contributed by atoms with Crippen molar-refractivity contribution >= 4 is 27.1 Å². The molecule has 138 valence electrons. The number of aromatic nitrogens is 1. The molecule has 0 saturated carbocycles. The molecule has 2 N–H and O–H groups in total. The Morgan fingerprint density at radius 3 is 2.46 bits per heavy atom. The Labute approximate surface area is 150 Å². The smallest absolute Gasteiger partial charge is 0.191 e. The molecule has 0 amide bonds. The van der Waals surface area contributed by atoms with Gasteiger partial charge in [-0.2, -0.15) is 0 Å². The molecule has 0 atom stereocenters. The molecule has 0 radical (unpaired) electrons. The Bertz CT molecular complexity index is 664. The number of thiazole rings is 1. The van der Waals surface area contributed by atoms with E-state index >= 15 is 0 Å². The van der Waals surface area contributed by atoms with Crippen molar-refractivity contribution in [3.05, 3.63) is 15.6 Å². The molecular weight excluding hydrogens is 344 g/mol. The molecule has 0 bridgehead atoms. The monoisotopic (exact) mass is 374 g/mol. The summed E-state index contributed by atoms with van der Waals surface area (Å²) in [5.41, 5.74) is 0.904. The minimum Gasteiger partial charge on any atom is -0.357 e. The van der Waals surface area contributed by atoms with Gasteiger partial charge in [0.05, 0.1) is 23.0 Å². The van der Waals surface area contributed by atoms with Crippen LogP contribution in [-0.4, -0.2) is 44.5 Å². The number of sulfone groups is 1. The van der Waals surface area contributed by atoms with E-state index in [-0.39, 0.29) is 11.2 Å². The van der Waals surface area contributed by atoms with Crippen LogP contribution >= 0.6 is 11.3 Å². The Balaban J connectivity index is 2.64. The number of aliphatic imine (C=N–C) groups is 1. The Kier molecular flexibility index (Phi) is 7.66. The van der Waals surface area contributed by atoms with E-state index in [1.165, 1.54) is 11.1 Å². The van der Waals surface area contributed by atoms with Crippen LogP contribution in [0.25, 0.3) is 0 Å². The van der Waals surface area contributed by atoms with Gasteiger partial charge in [-0.05, 0) is 32.6 Å². The third-order valence-electron chi connectivity index (χ3n) is 3.61. The van der Waals surface area contributed by atoms with Crippen LogP contribution in [0.15, 0.2) is 4.99 Å². The van der Waals surface area contributed by atoms with Crippen LogP contribution < -0.4 is 10.6 Å². The van der Waals surface area contributed by atoms with E-state index in [1.807, 2.05) is 20.8 Å². The fourth-order valence-corrected chi connectivity index (χ4v) is 3.87. The van der Waals surface area contributed by atoms with Gasteiger partial charge >= 0.3 is 0 Å². The van der Waals surface area contributed by atoms with Crippen molar-refractivity contribution in [1.29, 1.82) is 0 Å². The summed E-state index contributed by atoms with van der Waals surface area (Å²) in [6.45, 7) is 12.2. The maximum Gasteiger partial charge on any atom is 0.191 e. The van der Waals surface area contributed by atoms with Crippen LogP contribution in [0.1, 0.15) is 42.8 Å². The van der Waals surface area contributed by atoms with Gasteiger partial charge in [-0.1, -0.05) is 13.8 Å². The molecule has 1 heterocycles. The lowest BCUT2D eigenvalue weighted by Gasteiger charge is -2.25. The van der Waals surface area contributed by atoms with E-state index in [0.717, 1.165) is 23.2 Å². The van der Waals surface area contributed by atoms with Gasteiger partial charge in [0.25, 0.3) is 0 Å². The molecule has 0 aliphatic rings. The molecule has 1 rings (SSSR count). The molecular formula is C16H30N4O2S2. The highest BCUT2D eigenvalue weighted by Crippen LogP contribution is 2.20. The number of guanidine groups is 1. The fraction of sp³-hybridized carbons (Fsp3) is 0.750. The second kappa shape index (κ2) is 8.80. The number of rotatable bonds is 8. The highest BCUT2D eigenvalue weighted by Gasteiger charge is 2.20. The third kappa shape index (κ3) is 8.10. The lowest BCUT2D eigenvalue weighted by atomic mass is 9.90. The van der Waals surface area contributed by atoms with Gasteiger partial charge < -0.3 is 10.6 Å². The van der Waals surface area contributed by atoms with Crippen LogP contribution in [0.5, 0.6) is 0 Å². The second-order valence-electron chi connectivity index (χ2n) is 6.83. The average Bonchev–Trinajstić information content (AvgIpc) is 2.77. The quantitative estimate of drug-likeness (QED) is 0.539. The van der Waals surface area contributed by atoms with Gasteiger partial charge in [-0.25, -0.2) is 18.4 Å². The Morgan fingerprint density at radius 1 is 1.29 bits per heavy atom. The van der Waals surface area contributed by atoms with Gasteiger partial charge in [-0.15, -0.1) is 11.3 Å². The van der Waals surface area contributed by atoms with E-state index < -0.39 is 9.84 Å². The molecule has 1 aromatic rings. The fourth-order valence-electron chi connectivity index (χ4n) is 2.09. The molecule has 0 fully saturated rings. The molecule has 8 heteroatoms. The van der Waals surface area contributed by atoms with Crippen molar-refractivity contribution in [1.82, 2.24) is 15.6 Å². The van der Waals surface area contributed by atoms with Crippen LogP contribution in [0.2, 0.25) is 0 Å². The first-order valence-corrected chi connectivity index (χ1v) is 11.0. The van der Waals surface area contributed by atoms with Crippen molar-refractivity contribution in [2.75, 3.05) is 25.1 Å². The first-order chi connectivity index (χ1) is 11.0. The predicted octanol–water partition coefficient (Wildman–Crippen LogP) is 2.28. The van der Waals surface area contributed by atoms with Crippen LogP contribution in [0.4, 0.5) is 0 Å². The molecule has 0 aliphatic heterocycles. The maximum atomic E-state index is 11.4. The molecule has 0 spiro atoms. The van der Waals surface area contributed by atoms with E-state index in [9.17, 15) is 8.42 Å². The zero-order valence-electron chi connectivity index (χ0n) is 15.6. The zero-order chi connectivity index (χ0) is 18.4. The van der Waals surface area contributed by atoms with Gasteiger partial charge in [0.1, 0.15) is 9.84 Å². The first kappa shape index (κ1) is 20.9. The van der Waals surface area contributed by atoms with Crippen molar-refractivity contribution in [3.8, 4) is 0 Å². The van der Waals surface area contributed by atoms with Gasteiger partial charge in [0.2, 0.25) is 0 Å². The number of aryl methyl sites for hydroxylation is 2. The molecule has 1 aromatic heterocycles. The minimum atomic E-state index is -2.93. The predicted molar refractivity (Wildman–Crippen MR) is 103 cm³/mol. The van der Waals surface area contributed by atoms with E-state index in [1.54, 1.807) is 11.3 Å². The van der Waals surface area contributed by atoms with Crippen molar-refractivity contribution in [2.45, 2.75) is 47.6 Å². The lowest BCUT2D eigenvalue weighted by molar-refractivity contribution is 0.348. The third-order valence-corrected chi connectivity index (χ3v) is 5.61. The van der Waals surface area contributed by atoms with Gasteiger partial charge in [0, 0.05) is 24.2 Å². The number of nitrogens with one attached hydrogen (secondary N) is 2. The highest BCUT2D eigenvalue weighted by atomic mass is 32.2. The van der Waals surface area contributed by atoms with Crippen molar-refractivity contribution in [3.63, 3.8) is 0 Å². The molecule has 6 nitrogen and oxygen atoms in total. The maximum absolute atomic E-state index is 11.4. The largest absolute Gasteiger partial charge is 0.357 e. The average molecular weight is 375 g/mol. The second-order valence-corrected chi connectivity index (χ2v) is 10.4. The number of hydrogen-bond acceptors (Lipinski definition) is 5. The van der Waals surface area contributed by atoms with Gasteiger partial charge in [-0.3, -0.25) is 0 Å². The molecule has 0 unspecified atom stereocenters. The first-order valence-electron chi connectivity index (χ1n) is 8.15. The Hall–Kier alpha value is -1.15. The van der Waals surface area contributed by atoms with Crippen molar-refractivity contribution < 1.29 is 8.42 Å². The molecule has 0 aromatic carbocycles. The zero-order valence-corrected chi connectivity index (χ0v) is 17.2. The van der Waals surface area contributed by atoms with E-state index in [0.29, 0.717) is 19.5 Å². The summed E-state index contributed by atoms with van der Waals surface area (Å²) >= 11 is 1.67. The SMILES string of the molecule is CCNC(=NCc1sc(C)nc1C)NCC(C)(C)CCS(C)(=O)=O. The number of hydrogen-bond donors (Lipinski definition) is 2. The summed E-state index contributed by atoms with van der Waals surface area (Å²) in [5.74, 6) is 0.949. The van der Waals surface area contributed by atoms with E-state index in [4.69, 9.17) is 0 Å². The molecule has 0 saturated heterocycles. The van der Waals surface area contributed by atoms with Gasteiger partial charge in [0.15, 0.2) is 5.96 Å². The normalized spacial score (nSPS) is 13.2. The van der Waals surface area contributed by atoms with Crippen LogP contribution in [-0.2, 0) is 16.4 Å². The lowest BCUT2D eigenvalue weighted by Crippen LogP contribution is -2.42. The molecule has 0 aliphatic carbocycles. The highest BCUT2D eigenvalue weighted by molar-refractivity contribution is 7.90. The standard InChI is InChI=1S/C16H30N4O2S2/c1-7-17-15(18-10-14-12(2)20-13(3)23-14)19-11-16(4,5)8-9-24(6,21)22/h7-11H2,1-6H3,(H2,17,18,19). The summed E-state index contributed by atoms with van der Waals surface area (Å²) in [6.07, 6.45) is 1.90. The summed E-state index contributed by atoms with van der Waals surface area (Å²) < 4.78 is 22.7. The topological polar surface area (TPSA) is 83.4 Å². The Morgan fingerprint density at radius 2 is 1.96 bits per heavy atom. The molecule has 24 heavy (non-hydrogen) atoms. The summed E-state index contributed by atoms with van der Waals surface area (Å²) in [5, 5.41) is 7.60. The number of nitrogens with zero attached hydrogens (tertiary/aromatic N) is 2. The minimum absolute atomic E-state index is 0.129. The summed E-state index contributed by atoms with van der Waals surface area (Å²) in [6, 6.07) is 0.